The lowest BCUT2D eigenvalue weighted by Crippen LogP contribution is -2.24. The van der Waals surface area contributed by atoms with Crippen LogP contribution < -0.4 is 14.2 Å². The summed E-state index contributed by atoms with van der Waals surface area (Å²) >= 11 is 0. The van der Waals surface area contributed by atoms with Crippen molar-refractivity contribution < 1.29 is 26.7 Å². The Kier molecular flexibility index (Phi) is 6.33. The van der Waals surface area contributed by atoms with Gasteiger partial charge in [-0.3, -0.25) is 0 Å². The fourth-order valence-electron chi connectivity index (χ4n) is 1.87. The second-order valence-electron chi connectivity index (χ2n) is 4.69. The molecule has 2 aromatic carbocycles. The molecule has 0 aliphatic rings. The maximum absolute atomic E-state index is 13.3. The minimum Gasteiger partial charge on any atom is -0.495 e. The summed E-state index contributed by atoms with van der Waals surface area (Å²) in [7, 11) is -2.40. The average molecular weight is 367 g/mol. The zero-order valence-electron chi connectivity index (χ0n) is 13.3. The molecule has 0 saturated heterocycles. The Bertz CT molecular complexity index is 904. The van der Waals surface area contributed by atoms with E-state index in [-0.39, 0.29) is 29.5 Å². The Morgan fingerprint density at radius 3 is 2.56 bits per heavy atom. The highest BCUT2D eigenvalue weighted by molar-refractivity contribution is 7.89. The SMILES string of the molecule is COc1ccccc1S(=O)(=O)NCC#CCOc1ccc(F)cc1F. The first-order valence-corrected chi connectivity index (χ1v) is 8.58. The summed E-state index contributed by atoms with van der Waals surface area (Å²) in [6.45, 7) is -0.325. The molecule has 0 aliphatic heterocycles. The first kappa shape index (κ1) is 18.7. The summed E-state index contributed by atoms with van der Waals surface area (Å²) in [5.41, 5.74) is 0. The summed E-state index contributed by atoms with van der Waals surface area (Å²) in [5, 5.41) is 0. The zero-order valence-corrected chi connectivity index (χ0v) is 14.1. The number of sulfonamides is 1. The van der Waals surface area contributed by atoms with Crippen molar-refractivity contribution in [3.8, 4) is 23.3 Å². The number of nitrogens with one attached hydrogen (secondary N) is 1. The maximum atomic E-state index is 13.3. The minimum absolute atomic E-state index is 0.00364. The van der Waals surface area contributed by atoms with Crippen molar-refractivity contribution in [1.29, 1.82) is 0 Å². The summed E-state index contributed by atoms with van der Waals surface area (Å²) < 4.78 is 62.8. The molecule has 8 heteroatoms. The molecule has 0 bridgehead atoms. The molecule has 1 N–H and O–H groups in total. The average Bonchev–Trinajstić information content (AvgIpc) is 2.59. The Hall–Kier alpha value is -2.63. The lowest BCUT2D eigenvalue weighted by Gasteiger charge is -2.08. The molecule has 25 heavy (non-hydrogen) atoms. The predicted octanol–water partition coefficient (Wildman–Crippen LogP) is 2.33. The van der Waals surface area contributed by atoms with E-state index >= 15 is 0 Å². The molecule has 0 unspecified atom stereocenters. The Labute approximate surface area is 144 Å². The molecule has 0 aromatic heterocycles. The van der Waals surface area contributed by atoms with E-state index in [2.05, 4.69) is 16.6 Å². The Morgan fingerprint density at radius 1 is 1.08 bits per heavy atom. The smallest absolute Gasteiger partial charge is 0.245 e. The molecule has 2 rings (SSSR count). The third-order valence-electron chi connectivity index (χ3n) is 3.03. The van der Waals surface area contributed by atoms with Crippen molar-refractivity contribution in [3.63, 3.8) is 0 Å². The van der Waals surface area contributed by atoms with Gasteiger partial charge in [0.1, 0.15) is 23.1 Å². The quantitative estimate of drug-likeness (QED) is 0.796. The normalized spacial score (nSPS) is 10.7. The topological polar surface area (TPSA) is 64.6 Å². The molecule has 0 heterocycles. The molecule has 0 saturated carbocycles. The third kappa shape index (κ3) is 5.17. The number of para-hydroxylation sites is 1. The Morgan fingerprint density at radius 2 is 1.84 bits per heavy atom. The summed E-state index contributed by atoms with van der Waals surface area (Å²) in [6.07, 6.45) is 0. The van der Waals surface area contributed by atoms with Crippen LogP contribution in [0.1, 0.15) is 0 Å². The van der Waals surface area contributed by atoms with Crippen LogP contribution in [0.3, 0.4) is 0 Å². The second-order valence-corrected chi connectivity index (χ2v) is 6.43. The minimum atomic E-state index is -3.77. The van der Waals surface area contributed by atoms with Crippen LogP contribution in [0.15, 0.2) is 47.4 Å². The molecular formula is C17H15F2NO4S. The summed E-state index contributed by atoms with van der Waals surface area (Å²) in [4.78, 5) is 0.00364. The second kappa shape index (κ2) is 8.46. The van der Waals surface area contributed by atoms with E-state index in [0.29, 0.717) is 6.07 Å². The number of rotatable bonds is 6. The largest absolute Gasteiger partial charge is 0.495 e. The van der Waals surface area contributed by atoms with Crippen molar-refractivity contribution in [2.45, 2.75) is 4.90 Å². The van der Waals surface area contributed by atoms with Crippen LogP contribution in [0.2, 0.25) is 0 Å². The highest BCUT2D eigenvalue weighted by Crippen LogP contribution is 2.22. The highest BCUT2D eigenvalue weighted by Gasteiger charge is 2.17. The van der Waals surface area contributed by atoms with E-state index in [0.717, 1.165) is 12.1 Å². The molecule has 0 spiro atoms. The molecule has 0 aliphatic carbocycles. The van der Waals surface area contributed by atoms with E-state index in [1.54, 1.807) is 12.1 Å². The number of benzene rings is 2. The maximum Gasteiger partial charge on any atom is 0.245 e. The van der Waals surface area contributed by atoms with Crippen molar-refractivity contribution in [2.75, 3.05) is 20.3 Å². The van der Waals surface area contributed by atoms with Crippen LogP contribution in [0.4, 0.5) is 8.78 Å². The predicted molar refractivity (Wildman–Crippen MR) is 87.8 cm³/mol. The standard InChI is InChI=1S/C17H15F2NO4S/c1-23-16-6-2-3-7-17(16)25(21,22)20-10-4-5-11-24-15-9-8-13(18)12-14(15)19/h2-3,6-9,12,20H,10-11H2,1H3. The van der Waals surface area contributed by atoms with Gasteiger partial charge in [-0.05, 0) is 24.3 Å². The lowest BCUT2D eigenvalue weighted by molar-refractivity contribution is 0.346. The molecule has 132 valence electrons. The van der Waals surface area contributed by atoms with E-state index in [4.69, 9.17) is 9.47 Å². The fourth-order valence-corrected chi connectivity index (χ4v) is 2.96. The van der Waals surface area contributed by atoms with Gasteiger partial charge in [-0.15, -0.1) is 0 Å². The first-order valence-electron chi connectivity index (χ1n) is 7.10. The van der Waals surface area contributed by atoms with Crippen molar-refractivity contribution in [3.05, 3.63) is 54.1 Å². The number of hydrogen-bond donors (Lipinski definition) is 1. The molecule has 0 radical (unpaired) electrons. The van der Waals surface area contributed by atoms with Gasteiger partial charge in [-0.2, -0.15) is 4.72 Å². The third-order valence-corrected chi connectivity index (χ3v) is 4.47. The van der Waals surface area contributed by atoms with E-state index in [1.165, 1.54) is 19.2 Å². The highest BCUT2D eigenvalue weighted by atomic mass is 32.2. The van der Waals surface area contributed by atoms with Gasteiger partial charge < -0.3 is 9.47 Å². The monoisotopic (exact) mass is 367 g/mol. The number of ether oxygens (including phenoxy) is 2. The molecule has 0 fully saturated rings. The Balaban J connectivity index is 1.89. The molecule has 0 amide bonds. The van der Waals surface area contributed by atoms with Gasteiger partial charge in [-0.25, -0.2) is 17.2 Å². The summed E-state index contributed by atoms with van der Waals surface area (Å²) in [5.74, 6) is 3.63. The molecule has 0 atom stereocenters. The lowest BCUT2D eigenvalue weighted by atomic mass is 10.3. The van der Waals surface area contributed by atoms with Gasteiger partial charge in [0.05, 0.1) is 13.7 Å². The number of halogens is 2. The van der Waals surface area contributed by atoms with E-state index in [1.807, 2.05) is 0 Å². The van der Waals surface area contributed by atoms with Gasteiger partial charge in [0, 0.05) is 6.07 Å². The van der Waals surface area contributed by atoms with Gasteiger partial charge in [0.2, 0.25) is 10.0 Å². The molecule has 5 nitrogen and oxygen atoms in total. The van der Waals surface area contributed by atoms with Gasteiger partial charge in [0.25, 0.3) is 0 Å². The van der Waals surface area contributed by atoms with Crippen molar-refractivity contribution in [1.82, 2.24) is 4.72 Å². The fraction of sp³-hybridized carbons (Fsp3) is 0.176. The van der Waals surface area contributed by atoms with Crippen LogP contribution in [-0.4, -0.2) is 28.7 Å². The van der Waals surface area contributed by atoms with Gasteiger partial charge >= 0.3 is 0 Å². The summed E-state index contributed by atoms with van der Waals surface area (Å²) in [6, 6.07) is 9.09. The van der Waals surface area contributed by atoms with Crippen LogP contribution in [0.25, 0.3) is 0 Å². The zero-order chi connectivity index (χ0) is 18.3. The van der Waals surface area contributed by atoms with Gasteiger partial charge in [-0.1, -0.05) is 24.0 Å². The van der Waals surface area contributed by atoms with Crippen LogP contribution in [0.5, 0.6) is 11.5 Å². The van der Waals surface area contributed by atoms with Crippen LogP contribution in [0, 0.1) is 23.5 Å². The number of hydrogen-bond acceptors (Lipinski definition) is 4. The van der Waals surface area contributed by atoms with Gasteiger partial charge in [0.15, 0.2) is 11.6 Å². The number of methoxy groups -OCH3 is 1. The van der Waals surface area contributed by atoms with Crippen molar-refractivity contribution >= 4 is 10.0 Å². The van der Waals surface area contributed by atoms with Crippen LogP contribution in [-0.2, 0) is 10.0 Å². The van der Waals surface area contributed by atoms with E-state index in [9.17, 15) is 17.2 Å². The van der Waals surface area contributed by atoms with Crippen LogP contribution >= 0.6 is 0 Å². The van der Waals surface area contributed by atoms with E-state index < -0.39 is 21.7 Å². The molecular weight excluding hydrogens is 352 g/mol. The van der Waals surface area contributed by atoms with Crippen molar-refractivity contribution in [2.24, 2.45) is 0 Å². The molecule has 2 aromatic rings. The first-order chi connectivity index (χ1) is 11.9.